The molecule has 0 N–H and O–H groups in total. The summed E-state index contributed by atoms with van der Waals surface area (Å²) < 4.78 is 5.08. The van der Waals surface area contributed by atoms with Crippen LogP contribution in [0.1, 0.15) is 29.6 Å². The van der Waals surface area contributed by atoms with Gasteiger partial charge in [-0.15, -0.1) is 0 Å². The second-order valence-corrected chi connectivity index (χ2v) is 5.52. The molecule has 0 radical (unpaired) electrons. The van der Waals surface area contributed by atoms with Gasteiger partial charge >= 0.3 is 0 Å². The van der Waals surface area contributed by atoms with Gasteiger partial charge in [-0.25, -0.2) is 0 Å². The van der Waals surface area contributed by atoms with Gasteiger partial charge in [0.25, 0.3) is 0 Å². The molecule has 0 aromatic carbocycles. The number of pyridine rings is 1. The molecule has 4 heteroatoms. The largest absolute Gasteiger partial charge is 0.495 e. The number of Topliss-reactive ketones (excluding diaryl/α,β-unsaturated/α-hetero) is 1. The Balaban J connectivity index is 1.98. The number of carbonyl (C=O) groups excluding carboxylic acids is 1. The molecule has 1 aliphatic heterocycles. The van der Waals surface area contributed by atoms with E-state index in [1.807, 2.05) is 11.8 Å². The molecule has 1 aromatic rings. The molecule has 3 nitrogen and oxygen atoms in total. The van der Waals surface area contributed by atoms with E-state index in [0.717, 1.165) is 12.8 Å². The first-order chi connectivity index (χ1) is 8.29. The molecule has 1 fully saturated rings. The molecule has 0 atom stereocenters. The Kier molecular flexibility index (Phi) is 4.42. The number of ether oxygens (including phenoxy) is 1. The first-order valence-corrected chi connectivity index (χ1v) is 7.05. The Morgan fingerprint density at radius 1 is 1.47 bits per heavy atom. The predicted molar refractivity (Wildman–Crippen MR) is 69.8 cm³/mol. The minimum atomic E-state index is 0.188. The molecule has 0 amide bonds. The average Bonchev–Trinajstić information content (AvgIpc) is 2.40. The van der Waals surface area contributed by atoms with Crippen LogP contribution >= 0.6 is 11.8 Å². The fourth-order valence-electron chi connectivity index (χ4n) is 2.01. The summed E-state index contributed by atoms with van der Waals surface area (Å²) in [7, 11) is 1.59. The fraction of sp³-hybridized carbons (Fsp3) is 0.538. The van der Waals surface area contributed by atoms with Crippen molar-refractivity contribution in [2.24, 2.45) is 5.92 Å². The van der Waals surface area contributed by atoms with E-state index in [4.69, 9.17) is 4.74 Å². The number of hydrogen-bond donors (Lipinski definition) is 0. The van der Waals surface area contributed by atoms with Gasteiger partial charge in [0.2, 0.25) is 0 Å². The van der Waals surface area contributed by atoms with Crippen molar-refractivity contribution < 1.29 is 9.53 Å². The SMILES string of the molecule is COc1cncc(C(=O)CC2CCSCC2)c1. The number of aromatic nitrogens is 1. The van der Waals surface area contributed by atoms with Gasteiger partial charge in [-0.1, -0.05) is 0 Å². The Morgan fingerprint density at radius 2 is 2.24 bits per heavy atom. The normalized spacial score (nSPS) is 16.8. The predicted octanol–water partition coefficient (Wildman–Crippen LogP) is 2.81. The Labute approximate surface area is 106 Å². The summed E-state index contributed by atoms with van der Waals surface area (Å²) in [5.41, 5.74) is 0.669. The van der Waals surface area contributed by atoms with Crippen LogP contribution in [0.4, 0.5) is 0 Å². The van der Waals surface area contributed by atoms with E-state index in [0.29, 0.717) is 23.7 Å². The van der Waals surface area contributed by atoms with Crippen LogP contribution in [0.5, 0.6) is 5.75 Å². The van der Waals surface area contributed by atoms with Crippen molar-refractivity contribution in [3.63, 3.8) is 0 Å². The van der Waals surface area contributed by atoms with Gasteiger partial charge in [0, 0.05) is 18.2 Å². The number of nitrogens with zero attached hydrogens (tertiary/aromatic N) is 1. The number of ketones is 1. The maximum absolute atomic E-state index is 12.1. The minimum Gasteiger partial charge on any atom is -0.495 e. The van der Waals surface area contributed by atoms with Gasteiger partial charge in [0.05, 0.1) is 13.3 Å². The summed E-state index contributed by atoms with van der Waals surface area (Å²) in [5.74, 6) is 3.76. The zero-order valence-electron chi connectivity index (χ0n) is 10.0. The lowest BCUT2D eigenvalue weighted by Gasteiger charge is -2.20. The number of rotatable bonds is 4. The lowest BCUT2D eigenvalue weighted by Crippen LogP contribution is -2.14. The molecule has 1 aliphatic rings. The first kappa shape index (κ1) is 12.4. The second kappa shape index (κ2) is 6.05. The molecule has 1 aromatic heterocycles. The highest BCUT2D eigenvalue weighted by molar-refractivity contribution is 7.99. The minimum absolute atomic E-state index is 0.188. The third kappa shape index (κ3) is 3.46. The van der Waals surface area contributed by atoms with Gasteiger partial charge in [0.15, 0.2) is 5.78 Å². The summed E-state index contributed by atoms with van der Waals surface area (Å²) in [6.45, 7) is 0. The Morgan fingerprint density at radius 3 is 2.94 bits per heavy atom. The summed E-state index contributed by atoms with van der Waals surface area (Å²) in [6, 6.07) is 1.77. The molecular weight excluding hydrogens is 234 g/mol. The van der Waals surface area contributed by atoms with Gasteiger partial charge < -0.3 is 4.74 Å². The molecule has 2 heterocycles. The van der Waals surface area contributed by atoms with Crippen LogP contribution in [0.25, 0.3) is 0 Å². The third-order valence-corrected chi connectivity index (χ3v) is 4.13. The third-order valence-electron chi connectivity index (χ3n) is 3.09. The van der Waals surface area contributed by atoms with Crippen molar-refractivity contribution >= 4 is 17.5 Å². The van der Waals surface area contributed by atoms with E-state index < -0.39 is 0 Å². The number of carbonyl (C=O) groups is 1. The van der Waals surface area contributed by atoms with Crippen LogP contribution in [0.3, 0.4) is 0 Å². The molecule has 0 saturated carbocycles. The van der Waals surface area contributed by atoms with Crippen molar-refractivity contribution in [2.75, 3.05) is 18.6 Å². The lowest BCUT2D eigenvalue weighted by molar-refractivity contribution is 0.0958. The molecule has 92 valence electrons. The standard InChI is InChI=1S/C13H17NO2S/c1-16-12-7-11(8-14-9-12)13(15)6-10-2-4-17-5-3-10/h7-10H,2-6H2,1H3. The summed E-state index contributed by atoms with van der Waals surface area (Å²) >= 11 is 1.98. The number of hydrogen-bond acceptors (Lipinski definition) is 4. The quantitative estimate of drug-likeness (QED) is 0.771. The zero-order chi connectivity index (χ0) is 12.1. The highest BCUT2D eigenvalue weighted by atomic mass is 32.2. The topological polar surface area (TPSA) is 39.2 Å². The average molecular weight is 251 g/mol. The van der Waals surface area contributed by atoms with Crippen LogP contribution in [0.2, 0.25) is 0 Å². The smallest absolute Gasteiger partial charge is 0.164 e. The van der Waals surface area contributed by atoms with E-state index >= 15 is 0 Å². The molecule has 0 bridgehead atoms. The molecule has 2 rings (SSSR count). The van der Waals surface area contributed by atoms with Crippen molar-refractivity contribution in [1.29, 1.82) is 0 Å². The highest BCUT2D eigenvalue weighted by Crippen LogP contribution is 2.26. The second-order valence-electron chi connectivity index (χ2n) is 4.30. The maximum Gasteiger partial charge on any atom is 0.164 e. The molecule has 1 saturated heterocycles. The van der Waals surface area contributed by atoms with Crippen LogP contribution in [0, 0.1) is 5.92 Å². The van der Waals surface area contributed by atoms with Crippen molar-refractivity contribution in [2.45, 2.75) is 19.3 Å². The number of methoxy groups -OCH3 is 1. The maximum atomic E-state index is 12.1. The van der Waals surface area contributed by atoms with Gasteiger partial charge in [-0.2, -0.15) is 11.8 Å². The van der Waals surface area contributed by atoms with Crippen molar-refractivity contribution in [3.05, 3.63) is 24.0 Å². The highest BCUT2D eigenvalue weighted by Gasteiger charge is 2.18. The summed E-state index contributed by atoms with van der Waals surface area (Å²) in [5, 5.41) is 0. The van der Waals surface area contributed by atoms with Crippen LogP contribution in [-0.2, 0) is 0 Å². The fourth-order valence-corrected chi connectivity index (χ4v) is 3.22. The molecule has 17 heavy (non-hydrogen) atoms. The van der Waals surface area contributed by atoms with E-state index in [2.05, 4.69) is 4.98 Å². The summed E-state index contributed by atoms with van der Waals surface area (Å²) in [6.07, 6.45) is 6.22. The molecule has 0 spiro atoms. The lowest BCUT2D eigenvalue weighted by atomic mass is 9.94. The molecule has 0 aliphatic carbocycles. The van der Waals surface area contributed by atoms with E-state index in [1.54, 1.807) is 25.6 Å². The molecule has 0 unspecified atom stereocenters. The van der Waals surface area contributed by atoms with E-state index in [9.17, 15) is 4.79 Å². The van der Waals surface area contributed by atoms with Crippen LogP contribution < -0.4 is 4.74 Å². The van der Waals surface area contributed by atoms with E-state index in [1.165, 1.54) is 11.5 Å². The Hall–Kier alpha value is -1.03. The van der Waals surface area contributed by atoms with Crippen molar-refractivity contribution in [3.8, 4) is 5.75 Å². The van der Waals surface area contributed by atoms with Crippen LogP contribution in [-0.4, -0.2) is 29.4 Å². The monoisotopic (exact) mass is 251 g/mol. The van der Waals surface area contributed by atoms with Crippen LogP contribution in [0.15, 0.2) is 18.5 Å². The van der Waals surface area contributed by atoms with Gasteiger partial charge in [-0.3, -0.25) is 9.78 Å². The van der Waals surface area contributed by atoms with Gasteiger partial charge in [0.1, 0.15) is 5.75 Å². The van der Waals surface area contributed by atoms with Gasteiger partial charge in [-0.05, 0) is 36.3 Å². The summed E-state index contributed by atoms with van der Waals surface area (Å²) in [4.78, 5) is 16.1. The zero-order valence-corrected chi connectivity index (χ0v) is 10.8. The van der Waals surface area contributed by atoms with Crippen molar-refractivity contribution in [1.82, 2.24) is 4.98 Å². The Bertz CT molecular complexity index is 389. The number of thioether (sulfide) groups is 1. The first-order valence-electron chi connectivity index (χ1n) is 5.89. The molecular formula is C13H17NO2S. The van der Waals surface area contributed by atoms with E-state index in [-0.39, 0.29) is 5.78 Å².